The van der Waals surface area contributed by atoms with Crippen molar-refractivity contribution in [2.45, 2.75) is 12.3 Å². The van der Waals surface area contributed by atoms with Crippen molar-refractivity contribution < 1.29 is 18.3 Å². The number of halogens is 5. The minimum absolute atomic E-state index is 0.0209. The highest BCUT2D eigenvalue weighted by Gasteiger charge is 2.40. The Kier molecular flexibility index (Phi) is 3.29. The lowest BCUT2D eigenvalue weighted by molar-refractivity contribution is -0.206. The van der Waals surface area contributed by atoms with Crippen molar-refractivity contribution in [3.63, 3.8) is 0 Å². The fourth-order valence-electron chi connectivity index (χ4n) is 0.908. The van der Waals surface area contributed by atoms with Gasteiger partial charge in [0.2, 0.25) is 0 Å². The maximum atomic E-state index is 12.1. The van der Waals surface area contributed by atoms with Crippen LogP contribution in [0.2, 0.25) is 10.0 Å². The Hall–Kier alpha value is -0.450. The van der Waals surface area contributed by atoms with Crippen LogP contribution in [0.15, 0.2) is 18.2 Å². The van der Waals surface area contributed by atoms with Gasteiger partial charge in [0.15, 0.2) is 6.10 Å². The standard InChI is InChI=1S/C8H5Cl2F3O/c9-5-3-1-2-4(6(5)10)7(14)8(11,12)13/h1-3,7,14H. The summed E-state index contributed by atoms with van der Waals surface area (Å²) in [5, 5.41) is 8.59. The summed E-state index contributed by atoms with van der Waals surface area (Å²) in [5.74, 6) is 0. The highest BCUT2D eigenvalue weighted by atomic mass is 35.5. The van der Waals surface area contributed by atoms with Crippen LogP contribution in [0.25, 0.3) is 0 Å². The van der Waals surface area contributed by atoms with Crippen molar-refractivity contribution in [1.29, 1.82) is 0 Å². The molecule has 0 aliphatic rings. The van der Waals surface area contributed by atoms with E-state index in [2.05, 4.69) is 0 Å². The monoisotopic (exact) mass is 244 g/mol. The third-order valence-corrected chi connectivity index (χ3v) is 2.42. The second-order valence-electron chi connectivity index (χ2n) is 2.59. The number of hydrogen-bond acceptors (Lipinski definition) is 1. The lowest BCUT2D eigenvalue weighted by Gasteiger charge is -2.16. The number of benzene rings is 1. The van der Waals surface area contributed by atoms with Crippen LogP contribution in [0.5, 0.6) is 0 Å². The first-order valence-corrected chi connectivity index (χ1v) is 4.28. The van der Waals surface area contributed by atoms with Gasteiger partial charge in [0.05, 0.1) is 10.0 Å². The first-order chi connectivity index (χ1) is 6.34. The molecular weight excluding hydrogens is 240 g/mol. The summed E-state index contributed by atoms with van der Waals surface area (Å²) >= 11 is 11.0. The predicted molar refractivity (Wildman–Crippen MR) is 47.5 cm³/mol. The number of rotatable bonds is 1. The first-order valence-electron chi connectivity index (χ1n) is 3.52. The van der Waals surface area contributed by atoms with Crippen molar-refractivity contribution in [3.05, 3.63) is 33.8 Å². The third kappa shape index (κ3) is 2.32. The Labute approximate surface area is 88.1 Å². The molecule has 1 atom stereocenters. The Morgan fingerprint density at radius 2 is 1.79 bits per heavy atom. The van der Waals surface area contributed by atoms with E-state index in [1.54, 1.807) is 0 Å². The minimum atomic E-state index is -4.74. The highest BCUT2D eigenvalue weighted by Crippen LogP contribution is 2.38. The molecule has 1 N–H and O–H groups in total. The molecule has 1 rings (SSSR count). The van der Waals surface area contributed by atoms with Gasteiger partial charge in [-0.25, -0.2) is 0 Å². The molecule has 1 unspecified atom stereocenters. The smallest absolute Gasteiger partial charge is 0.379 e. The fraction of sp³-hybridized carbons (Fsp3) is 0.250. The Morgan fingerprint density at radius 1 is 1.21 bits per heavy atom. The van der Waals surface area contributed by atoms with Crippen LogP contribution in [0.4, 0.5) is 13.2 Å². The van der Waals surface area contributed by atoms with Crippen LogP contribution in [0.1, 0.15) is 11.7 Å². The molecule has 0 aliphatic heterocycles. The van der Waals surface area contributed by atoms with Gasteiger partial charge in [0.25, 0.3) is 0 Å². The Balaban J connectivity index is 3.14. The molecule has 6 heteroatoms. The van der Waals surface area contributed by atoms with Crippen molar-refractivity contribution in [1.82, 2.24) is 0 Å². The van der Waals surface area contributed by atoms with Crippen molar-refractivity contribution in [2.75, 3.05) is 0 Å². The molecule has 78 valence electrons. The maximum Gasteiger partial charge on any atom is 0.418 e. The first kappa shape index (κ1) is 11.6. The van der Waals surface area contributed by atoms with E-state index in [4.69, 9.17) is 28.3 Å². The molecule has 0 bridgehead atoms. The summed E-state index contributed by atoms with van der Waals surface area (Å²) in [7, 11) is 0. The van der Waals surface area contributed by atoms with E-state index in [1.807, 2.05) is 0 Å². The SMILES string of the molecule is OC(c1cccc(Cl)c1Cl)C(F)(F)F. The van der Waals surface area contributed by atoms with E-state index in [0.29, 0.717) is 0 Å². The normalized spacial score (nSPS) is 14.1. The molecule has 1 aromatic rings. The second-order valence-corrected chi connectivity index (χ2v) is 3.37. The van der Waals surface area contributed by atoms with Gasteiger partial charge in [-0.05, 0) is 6.07 Å². The van der Waals surface area contributed by atoms with Crippen molar-refractivity contribution in [2.24, 2.45) is 0 Å². The second kappa shape index (κ2) is 3.96. The highest BCUT2D eigenvalue weighted by molar-refractivity contribution is 6.42. The molecule has 1 aromatic carbocycles. The average molecular weight is 245 g/mol. The van der Waals surface area contributed by atoms with E-state index >= 15 is 0 Å². The molecule has 14 heavy (non-hydrogen) atoms. The van der Waals surface area contributed by atoms with Gasteiger partial charge in [-0.1, -0.05) is 35.3 Å². The zero-order chi connectivity index (χ0) is 10.9. The summed E-state index contributed by atoms with van der Waals surface area (Å²) in [6.45, 7) is 0. The molecule has 0 saturated heterocycles. The van der Waals surface area contributed by atoms with Gasteiger partial charge in [0, 0.05) is 5.56 Å². The molecule has 1 nitrogen and oxygen atoms in total. The van der Waals surface area contributed by atoms with Crippen molar-refractivity contribution in [3.8, 4) is 0 Å². The van der Waals surface area contributed by atoms with E-state index in [-0.39, 0.29) is 10.0 Å². The Morgan fingerprint density at radius 3 is 2.29 bits per heavy atom. The molecule has 0 heterocycles. The van der Waals surface area contributed by atoms with Crippen molar-refractivity contribution >= 4 is 23.2 Å². The summed E-state index contributed by atoms with van der Waals surface area (Å²) in [5.41, 5.74) is -0.438. The number of aliphatic hydroxyl groups is 1. The molecule has 0 spiro atoms. The number of alkyl halides is 3. The Bertz CT molecular complexity index is 338. The van der Waals surface area contributed by atoms with Gasteiger partial charge in [0.1, 0.15) is 0 Å². The molecule has 0 aromatic heterocycles. The molecular formula is C8H5Cl2F3O. The quantitative estimate of drug-likeness (QED) is 0.801. The molecule has 0 aliphatic carbocycles. The zero-order valence-corrected chi connectivity index (χ0v) is 8.16. The molecule has 0 amide bonds. The van der Waals surface area contributed by atoms with Gasteiger partial charge < -0.3 is 5.11 Å². The summed E-state index contributed by atoms with van der Waals surface area (Å²) in [6, 6.07) is 3.71. The lowest BCUT2D eigenvalue weighted by atomic mass is 10.1. The van der Waals surface area contributed by atoms with Crippen LogP contribution in [0.3, 0.4) is 0 Å². The minimum Gasteiger partial charge on any atom is -0.379 e. The van der Waals surface area contributed by atoms with Crippen LogP contribution < -0.4 is 0 Å². The van der Waals surface area contributed by atoms with Crippen LogP contribution >= 0.6 is 23.2 Å². The summed E-state index contributed by atoms with van der Waals surface area (Å²) in [6.07, 6.45) is -7.34. The van der Waals surface area contributed by atoms with Crippen LogP contribution in [-0.4, -0.2) is 11.3 Å². The number of aliphatic hydroxyl groups excluding tert-OH is 1. The summed E-state index contributed by atoms with van der Waals surface area (Å²) < 4.78 is 36.3. The van der Waals surface area contributed by atoms with E-state index in [9.17, 15) is 13.2 Å². The number of hydrogen-bond donors (Lipinski definition) is 1. The lowest BCUT2D eigenvalue weighted by Crippen LogP contribution is -2.20. The van der Waals surface area contributed by atoms with Gasteiger partial charge >= 0.3 is 6.18 Å². The fourth-order valence-corrected chi connectivity index (χ4v) is 1.32. The van der Waals surface area contributed by atoms with Gasteiger partial charge in [-0.2, -0.15) is 13.2 Å². The van der Waals surface area contributed by atoms with Gasteiger partial charge in [-0.3, -0.25) is 0 Å². The average Bonchev–Trinajstić information content (AvgIpc) is 2.07. The zero-order valence-electron chi connectivity index (χ0n) is 6.65. The molecule has 0 radical (unpaired) electrons. The summed E-state index contributed by atoms with van der Waals surface area (Å²) in [4.78, 5) is 0. The van der Waals surface area contributed by atoms with E-state index < -0.39 is 17.8 Å². The third-order valence-electron chi connectivity index (χ3n) is 1.59. The van der Waals surface area contributed by atoms with Gasteiger partial charge in [-0.15, -0.1) is 0 Å². The van der Waals surface area contributed by atoms with Crippen LogP contribution in [-0.2, 0) is 0 Å². The maximum absolute atomic E-state index is 12.1. The largest absolute Gasteiger partial charge is 0.418 e. The molecule has 0 saturated carbocycles. The topological polar surface area (TPSA) is 20.2 Å². The predicted octanol–water partition coefficient (Wildman–Crippen LogP) is 3.59. The molecule has 0 fully saturated rings. The van der Waals surface area contributed by atoms with E-state index in [0.717, 1.165) is 6.07 Å². The van der Waals surface area contributed by atoms with Crippen LogP contribution in [0, 0.1) is 0 Å². The van der Waals surface area contributed by atoms with E-state index in [1.165, 1.54) is 12.1 Å².